The number of methoxy groups -OCH3 is 1. The Morgan fingerprint density at radius 2 is 1.79 bits per heavy atom. The SMILES string of the molecule is COc1cc(C=C2C(=O)NC(=O)N(C3CCCCC3)C2=O)cc(Cl)c1OCc1ccc(C)cc1. The van der Waals surface area contributed by atoms with Gasteiger partial charge in [-0.15, -0.1) is 0 Å². The summed E-state index contributed by atoms with van der Waals surface area (Å²) in [4.78, 5) is 39.2. The number of hydrogen-bond acceptors (Lipinski definition) is 5. The molecule has 8 heteroatoms. The molecule has 1 aliphatic carbocycles. The van der Waals surface area contributed by atoms with E-state index in [1.807, 2.05) is 31.2 Å². The van der Waals surface area contributed by atoms with Crippen LogP contribution in [0.3, 0.4) is 0 Å². The number of nitrogens with one attached hydrogen (secondary N) is 1. The molecule has 0 aromatic heterocycles. The van der Waals surface area contributed by atoms with Gasteiger partial charge in [0.15, 0.2) is 11.5 Å². The van der Waals surface area contributed by atoms with Crippen LogP contribution >= 0.6 is 11.6 Å². The molecule has 1 saturated carbocycles. The van der Waals surface area contributed by atoms with Gasteiger partial charge >= 0.3 is 6.03 Å². The maximum absolute atomic E-state index is 13.1. The first-order valence-corrected chi connectivity index (χ1v) is 11.7. The first-order chi connectivity index (χ1) is 16.4. The summed E-state index contributed by atoms with van der Waals surface area (Å²) in [6, 6.07) is 10.3. The number of aryl methyl sites for hydroxylation is 1. The normalized spacial score (nSPS) is 18.3. The fourth-order valence-corrected chi connectivity index (χ4v) is 4.59. The Bertz CT molecular complexity index is 1140. The molecule has 0 radical (unpaired) electrons. The minimum absolute atomic E-state index is 0.114. The molecule has 4 amide bonds. The third-order valence-corrected chi connectivity index (χ3v) is 6.42. The monoisotopic (exact) mass is 482 g/mol. The number of carbonyl (C=O) groups is 3. The number of amides is 4. The molecule has 4 rings (SSSR count). The average Bonchev–Trinajstić information content (AvgIpc) is 2.82. The topological polar surface area (TPSA) is 84.9 Å². The van der Waals surface area contributed by atoms with Crippen LogP contribution in [-0.2, 0) is 16.2 Å². The van der Waals surface area contributed by atoms with Crippen LogP contribution in [0.4, 0.5) is 4.79 Å². The Balaban J connectivity index is 1.59. The summed E-state index contributed by atoms with van der Waals surface area (Å²) in [5.41, 5.74) is 2.51. The van der Waals surface area contributed by atoms with E-state index in [-0.39, 0.29) is 16.6 Å². The van der Waals surface area contributed by atoms with E-state index in [1.54, 1.807) is 12.1 Å². The fourth-order valence-electron chi connectivity index (χ4n) is 4.31. The van der Waals surface area contributed by atoms with Crippen LogP contribution in [0, 0.1) is 6.92 Å². The van der Waals surface area contributed by atoms with Crippen molar-refractivity contribution in [1.82, 2.24) is 10.2 Å². The molecule has 178 valence electrons. The van der Waals surface area contributed by atoms with Crippen molar-refractivity contribution in [1.29, 1.82) is 0 Å². The first-order valence-electron chi connectivity index (χ1n) is 11.3. The molecule has 1 aliphatic heterocycles. The second kappa shape index (κ2) is 10.3. The summed E-state index contributed by atoms with van der Waals surface area (Å²) in [5, 5.41) is 2.57. The van der Waals surface area contributed by atoms with Gasteiger partial charge in [-0.25, -0.2) is 4.79 Å². The third-order valence-electron chi connectivity index (χ3n) is 6.14. The highest BCUT2D eigenvalue weighted by molar-refractivity contribution is 6.33. The molecule has 1 heterocycles. The summed E-state index contributed by atoms with van der Waals surface area (Å²) < 4.78 is 11.4. The molecular weight excluding hydrogens is 456 g/mol. The number of rotatable bonds is 6. The van der Waals surface area contributed by atoms with Gasteiger partial charge in [0.1, 0.15) is 12.2 Å². The molecule has 2 aromatic rings. The lowest BCUT2D eigenvalue weighted by atomic mass is 9.93. The van der Waals surface area contributed by atoms with Gasteiger partial charge in [-0.2, -0.15) is 0 Å². The summed E-state index contributed by atoms with van der Waals surface area (Å²) in [7, 11) is 1.49. The third kappa shape index (κ3) is 5.09. The summed E-state index contributed by atoms with van der Waals surface area (Å²) >= 11 is 6.48. The van der Waals surface area contributed by atoms with Crippen molar-refractivity contribution in [2.75, 3.05) is 7.11 Å². The molecule has 1 saturated heterocycles. The van der Waals surface area contributed by atoms with Gasteiger partial charge in [-0.05, 0) is 49.1 Å². The standard InChI is InChI=1S/C26H27ClN2O5/c1-16-8-10-17(11-9-16)15-34-23-21(27)13-18(14-22(23)33-2)12-20-24(30)28-26(32)29(25(20)31)19-6-4-3-5-7-19/h8-14,19H,3-7,15H2,1-2H3,(H,28,30,32). The number of nitrogens with zero attached hydrogens (tertiary/aromatic N) is 1. The van der Waals surface area contributed by atoms with E-state index in [0.29, 0.717) is 23.7 Å². The zero-order valence-electron chi connectivity index (χ0n) is 19.2. The predicted octanol–water partition coefficient (Wildman–Crippen LogP) is 5.03. The zero-order chi connectivity index (χ0) is 24.2. The molecule has 0 bridgehead atoms. The Labute approximate surface area is 203 Å². The number of benzene rings is 2. The van der Waals surface area contributed by atoms with Gasteiger partial charge < -0.3 is 9.47 Å². The second-order valence-corrected chi connectivity index (χ2v) is 9.00. The van der Waals surface area contributed by atoms with Crippen molar-refractivity contribution >= 4 is 35.5 Å². The summed E-state index contributed by atoms with van der Waals surface area (Å²) in [6.45, 7) is 2.32. The first kappa shape index (κ1) is 23.8. The van der Waals surface area contributed by atoms with Crippen molar-refractivity contribution in [2.24, 2.45) is 0 Å². The molecule has 1 N–H and O–H groups in total. The minimum Gasteiger partial charge on any atom is -0.493 e. The lowest BCUT2D eigenvalue weighted by molar-refractivity contribution is -0.132. The van der Waals surface area contributed by atoms with Crippen LogP contribution in [0.15, 0.2) is 42.0 Å². The largest absolute Gasteiger partial charge is 0.493 e. The zero-order valence-corrected chi connectivity index (χ0v) is 20.0. The van der Waals surface area contributed by atoms with Gasteiger partial charge in [-0.3, -0.25) is 19.8 Å². The highest BCUT2D eigenvalue weighted by Crippen LogP contribution is 2.38. The number of hydrogen-bond donors (Lipinski definition) is 1. The van der Waals surface area contributed by atoms with E-state index in [4.69, 9.17) is 21.1 Å². The van der Waals surface area contributed by atoms with E-state index < -0.39 is 17.8 Å². The number of urea groups is 1. The van der Waals surface area contributed by atoms with Crippen LogP contribution in [0.25, 0.3) is 6.08 Å². The van der Waals surface area contributed by atoms with Gasteiger partial charge in [0.05, 0.1) is 12.1 Å². The lowest BCUT2D eigenvalue weighted by Gasteiger charge is -2.35. The highest BCUT2D eigenvalue weighted by atomic mass is 35.5. The molecular formula is C26H27ClN2O5. The van der Waals surface area contributed by atoms with Gasteiger partial charge in [-0.1, -0.05) is 60.7 Å². The number of barbiturate groups is 1. The Morgan fingerprint density at radius 3 is 2.47 bits per heavy atom. The van der Waals surface area contributed by atoms with E-state index in [2.05, 4.69) is 5.32 Å². The van der Waals surface area contributed by atoms with Crippen LogP contribution in [-0.4, -0.2) is 35.9 Å². The molecule has 7 nitrogen and oxygen atoms in total. The summed E-state index contributed by atoms with van der Waals surface area (Å²) in [6.07, 6.45) is 5.90. The molecule has 2 aliphatic rings. The minimum atomic E-state index is -0.725. The van der Waals surface area contributed by atoms with Gasteiger partial charge in [0.2, 0.25) is 0 Å². The number of imide groups is 2. The predicted molar refractivity (Wildman–Crippen MR) is 129 cm³/mol. The van der Waals surface area contributed by atoms with E-state index >= 15 is 0 Å². The number of halogens is 1. The Hall–Kier alpha value is -3.32. The Kier molecular flexibility index (Phi) is 7.22. The number of ether oxygens (including phenoxy) is 2. The second-order valence-electron chi connectivity index (χ2n) is 8.59. The molecule has 2 fully saturated rings. The number of carbonyl (C=O) groups excluding carboxylic acids is 3. The molecule has 0 spiro atoms. The molecule has 34 heavy (non-hydrogen) atoms. The molecule has 2 aromatic carbocycles. The van der Waals surface area contributed by atoms with Gasteiger partial charge in [0, 0.05) is 6.04 Å². The van der Waals surface area contributed by atoms with Crippen molar-refractivity contribution < 1.29 is 23.9 Å². The van der Waals surface area contributed by atoms with Crippen LogP contribution in [0.2, 0.25) is 5.02 Å². The Morgan fingerprint density at radius 1 is 1.09 bits per heavy atom. The maximum Gasteiger partial charge on any atom is 0.331 e. The molecule has 0 unspecified atom stereocenters. The van der Waals surface area contributed by atoms with Crippen molar-refractivity contribution in [2.45, 2.75) is 51.7 Å². The van der Waals surface area contributed by atoms with E-state index in [0.717, 1.165) is 43.2 Å². The average molecular weight is 483 g/mol. The highest BCUT2D eigenvalue weighted by Gasteiger charge is 2.40. The fraction of sp³-hybridized carbons (Fsp3) is 0.346. The van der Waals surface area contributed by atoms with Crippen molar-refractivity contribution in [3.63, 3.8) is 0 Å². The van der Waals surface area contributed by atoms with Gasteiger partial charge in [0.25, 0.3) is 11.8 Å². The van der Waals surface area contributed by atoms with Crippen LogP contribution in [0.5, 0.6) is 11.5 Å². The van der Waals surface area contributed by atoms with Crippen molar-refractivity contribution in [3.05, 3.63) is 63.7 Å². The van der Waals surface area contributed by atoms with Crippen LogP contribution < -0.4 is 14.8 Å². The lowest BCUT2D eigenvalue weighted by Crippen LogP contribution is -2.58. The molecule has 0 atom stereocenters. The van der Waals surface area contributed by atoms with E-state index in [1.165, 1.54) is 18.1 Å². The quantitative estimate of drug-likeness (QED) is 0.461. The smallest absolute Gasteiger partial charge is 0.331 e. The maximum atomic E-state index is 13.1. The summed E-state index contributed by atoms with van der Waals surface area (Å²) in [5.74, 6) is -0.576. The van der Waals surface area contributed by atoms with E-state index in [9.17, 15) is 14.4 Å². The van der Waals surface area contributed by atoms with Crippen LogP contribution in [0.1, 0.15) is 48.8 Å². The van der Waals surface area contributed by atoms with Crippen molar-refractivity contribution in [3.8, 4) is 11.5 Å².